The third-order valence-electron chi connectivity index (χ3n) is 9.60. The number of amides is 3. The van der Waals surface area contributed by atoms with Gasteiger partial charge in [0.1, 0.15) is 23.7 Å². The highest BCUT2D eigenvalue weighted by Crippen LogP contribution is 2.54. The number of carbonyl (C=O) groups excluding carboxylic acids is 4. The van der Waals surface area contributed by atoms with E-state index in [9.17, 15) is 24.3 Å². The molecular formula is C36H41N3O7. The van der Waals surface area contributed by atoms with E-state index in [2.05, 4.69) is 5.32 Å². The number of hydrogen-bond acceptors (Lipinski definition) is 7. The molecule has 0 unspecified atom stereocenters. The number of esters is 1. The number of likely N-dealkylation sites (tertiary alicyclic amines) is 1. The minimum absolute atomic E-state index is 0.137. The predicted octanol–water partition coefficient (Wildman–Crippen LogP) is 2.79. The van der Waals surface area contributed by atoms with Crippen molar-refractivity contribution in [2.45, 2.75) is 69.9 Å². The lowest BCUT2D eigenvalue weighted by molar-refractivity contribution is -0.159. The molecule has 2 aromatic carbocycles. The Morgan fingerprint density at radius 1 is 1.00 bits per heavy atom. The van der Waals surface area contributed by atoms with E-state index in [1.54, 1.807) is 30.1 Å². The number of benzene rings is 2. The molecule has 4 aliphatic rings. The molecule has 46 heavy (non-hydrogen) atoms. The minimum atomic E-state index is -1.50. The highest BCUT2D eigenvalue weighted by Gasteiger charge is 2.72. The van der Waals surface area contributed by atoms with Gasteiger partial charge >= 0.3 is 5.97 Å². The summed E-state index contributed by atoms with van der Waals surface area (Å²) in [4.78, 5) is 59.1. The molecule has 0 bridgehead atoms. The SMILES string of the molecule is Cc1cccc(C)c1N1CC=C[C@]23O[C@@H]4/C=C\CCC(=O)NC[C@@H](C)OC(=O)[C@@H]4[C@H]2C(=O)N([C@@H](CO)Cc2ccccc2)[C@@H]3C1=O. The molecule has 6 rings (SSSR count). The van der Waals surface area contributed by atoms with Crippen molar-refractivity contribution in [2.75, 3.05) is 24.6 Å². The van der Waals surface area contributed by atoms with Crippen LogP contribution in [0.25, 0.3) is 0 Å². The molecule has 1 spiro atoms. The van der Waals surface area contributed by atoms with E-state index < -0.39 is 60.2 Å². The number of hydrogen-bond donors (Lipinski definition) is 2. The first-order chi connectivity index (χ1) is 22.2. The number of aryl methyl sites for hydroxylation is 2. The Morgan fingerprint density at radius 3 is 2.46 bits per heavy atom. The number of allylic oxidation sites excluding steroid dienone is 1. The van der Waals surface area contributed by atoms with Crippen molar-refractivity contribution < 1.29 is 33.8 Å². The van der Waals surface area contributed by atoms with Gasteiger partial charge in [0.05, 0.1) is 31.2 Å². The molecule has 2 N–H and O–H groups in total. The summed E-state index contributed by atoms with van der Waals surface area (Å²) in [5, 5.41) is 13.6. The number of rotatable bonds is 5. The number of para-hydroxylation sites is 1. The van der Waals surface area contributed by atoms with E-state index >= 15 is 0 Å². The van der Waals surface area contributed by atoms with Crippen LogP contribution in [0.1, 0.15) is 36.5 Å². The standard InChI is InChI=1S/C36H41N3O7/c1-22-11-9-12-23(2)31(22)38-18-10-17-36-30(29-27(46-36)15-7-8-16-28(41)37-20-24(3)45-35(29)44)33(42)39(32(36)34(38)43)26(21-40)19-25-13-5-4-6-14-25/h4-7,9-15,17,24,26-27,29-30,32,40H,8,16,18-21H2,1-3H3,(H,37,41)/b15-7-/t24-,26-,27-,29+,30+,32-,36+/m1/s1. The van der Waals surface area contributed by atoms with Gasteiger partial charge in [-0.1, -0.05) is 72.8 Å². The zero-order chi connectivity index (χ0) is 32.6. The van der Waals surface area contributed by atoms with Gasteiger partial charge in [0.15, 0.2) is 0 Å². The largest absolute Gasteiger partial charge is 0.460 e. The second kappa shape index (κ2) is 12.8. The fraction of sp³-hybridized carbons (Fsp3) is 0.444. The summed E-state index contributed by atoms with van der Waals surface area (Å²) in [6, 6.07) is 13.4. The summed E-state index contributed by atoms with van der Waals surface area (Å²) >= 11 is 0. The zero-order valence-corrected chi connectivity index (χ0v) is 26.4. The number of ether oxygens (including phenoxy) is 2. The number of anilines is 1. The van der Waals surface area contributed by atoms with Crippen LogP contribution in [0.15, 0.2) is 72.8 Å². The van der Waals surface area contributed by atoms with Crippen LogP contribution in [-0.2, 0) is 35.1 Å². The van der Waals surface area contributed by atoms with E-state index in [1.165, 1.54) is 4.90 Å². The van der Waals surface area contributed by atoms with E-state index in [0.29, 0.717) is 12.8 Å². The molecule has 4 aliphatic heterocycles. The molecular weight excluding hydrogens is 586 g/mol. The lowest BCUT2D eigenvalue weighted by Crippen LogP contribution is -2.58. The maximum atomic E-state index is 15.0. The van der Waals surface area contributed by atoms with Gasteiger partial charge in [-0.2, -0.15) is 0 Å². The van der Waals surface area contributed by atoms with E-state index in [0.717, 1.165) is 22.4 Å². The van der Waals surface area contributed by atoms with Crippen LogP contribution < -0.4 is 10.2 Å². The molecule has 7 atom stereocenters. The first kappa shape index (κ1) is 31.7. The second-order valence-electron chi connectivity index (χ2n) is 12.7. The summed E-state index contributed by atoms with van der Waals surface area (Å²) in [7, 11) is 0. The van der Waals surface area contributed by atoms with Gasteiger partial charge < -0.3 is 29.7 Å². The fourth-order valence-corrected chi connectivity index (χ4v) is 7.56. The van der Waals surface area contributed by atoms with Crippen LogP contribution in [0.3, 0.4) is 0 Å². The van der Waals surface area contributed by atoms with E-state index in [-0.39, 0.29) is 31.3 Å². The third kappa shape index (κ3) is 5.54. The lowest BCUT2D eigenvalue weighted by atomic mass is 9.78. The molecule has 242 valence electrons. The van der Waals surface area contributed by atoms with Crippen molar-refractivity contribution in [3.05, 3.63) is 89.5 Å². The molecule has 3 amide bonds. The van der Waals surface area contributed by atoms with Gasteiger partial charge in [-0.15, -0.1) is 0 Å². The van der Waals surface area contributed by atoms with Gasteiger partial charge in [0, 0.05) is 18.7 Å². The van der Waals surface area contributed by atoms with Crippen LogP contribution in [0.5, 0.6) is 0 Å². The Kier molecular flexibility index (Phi) is 8.85. The molecule has 2 fully saturated rings. The number of carbonyl (C=O) groups is 4. The summed E-state index contributed by atoms with van der Waals surface area (Å²) < 4.78 is 12.6. The average Bonchev–Trinajstić information content (AvgIpc) is 3.43. The number of nitrogens with zero attached hydrogens (tertiary/aromatic N) is 2. The summed E-state index contributed by atoms with van der Waals surface area (Å²) in [5.74, 6) is -3.69. The van der Waals surface area contributed by atoms with Crippen LogP contribution >= 0.6 is 0 Å². The van der Waals surface area contributed by atoms with Crippen LogP contribution in [0.4, 0.5) is 5.69 Å². The molecule has 0 saturated carbocycles. The van der Waals surface area contributed by atoms with Crippen molar-refractivity contribution in [3.8, 4) is 0 Å². The van der Waals surface area contributed by atoms with Gasteiger partial charge in [-0.25, -0.2) is 0 Å². The highest BCUT2D eigenvalue weighted by atomic mass is 16.6. The van der Waals surface area contributed by atoms with Crippen LogP contribution in [0.2, 0.25) is 0 Å². The molecule has 10 nitrogen and oxygen atoms in total. The topological polar surface area (TPSA) is 125 Å². The van der Waals surface area contributed by atoms with Crippen molar-refractivity contribution in [1.82, 2.24) is 10.2 Å². The molecule has 2 saturated heterocycles. The summed E-state index contributed by atoms with van der Waals surface area (Å²) in [6.45, 7) is 5.55. The normalized spacial score (nSPS) is 31.1. The van der Waals surface area contributed by atoms with Crippen LogP contribution in [-0.4, -0.2) is 83.3 Å². The van der Waals surface area contributed by atoms with Gasteiger partial charge in [-0.3, -0.25) is 19.2 Å². The van der Waals surface area contributed by atoms with Crippen LogP contribution in [0, 0.1) is 25.7 Å². The van der Waals surface area contributed by atoms with Crippen molar-refractivity contribution >= 4 is 29.4 Å². The highest BCUT2D eigenvalue weighted by molar-refractivity contribution is 6.06. The van der Waals surface area contributed by atoms with Crippen molar-refractivity contribution in [1.29, 1.82) is 0 Å². The first-order valence-corrected chi connectivity index (χ1v) is 16.0. The lowest BCUT2D eigenvalue weighted by Gasteiger charge is -2.39. The second-order valence-corrected chi connectivity index (χ2v) is 12.7. The molecule has 0 aromatic heterocycles. The summed E-state index contributed by atoms with van der Waals surface area (Å²) in [5.41, 5.74) is 1.96. The smallest absolute Gasteiger partial charge is 0.313 e. The molecule has 10 heteroatoms. The van der Waals surface area contributed by atoms with E-state index in [4.69, 9.17) is 9.47 Å². The van der Waals surface area contributed by atoms with Crippen molar-refractivity contribution in [2.24, 2.45) is 11.8 Å². The molecule has 4 heterocycles. The van der Waals surface area contributed by atoms with Gasteiger partial charge in [0.2, 0.25) is 11.8 Å². The number of nitrogens with one attached hydrogen (secondary N) is 1. The van der Waals surface area contributed by atoms with E-state index in [1.807, 2.05) is 68.5 Å². The Bertz CT molecular complexity index is 1550. The maximum absolute atomic E-state index is 15.0. The monoisotopic (exact) mass is 627 g/mol. The predicted molar refractivity (Wildman–Crippen MR) is 171 cm³/mol. The number of aliphatic hydroxyl groups is 1. The third-order valence-corrected chi connectivity index (χ3v) is 9.60. The summed E-state index contributed by atoms with van der Waals surface area (Å²) in [6.07, 6.45) is 6.57. The maximum Gasteiger partial charge on any atom is 0.313 e. The molecule has 0 aliphatic carbocycles. The molecule has 2 aromatic rings. The Balaban J connectivity index is 1.48. The number of fused-ring (bicyclic) bond motifs is 2. The fourth-order valence-electron chi connectivity index (χ4n) is 7.56. The quantitative estimate of drug-likeness (QED) is 0.386. The minimum Gasteiger partial charge on any atom is -0.460 e. The Hall–Kier alpha value is -4.28. The first-order valence-electron chi connectivity index (χ1n) is 16.0. The number of aliphatic hydroxyl groups excluding tert-OH is 1. The Morgan fingerprint density at radius 2 is 1.74 bits per heavy atom. The number of cyclic esters (lactones) is 1. The van der Waals surface area contributed by atoms with Gasteiger partial charge in [-0.05, 0) is 50.3 Å². The Labute approximate surface area is 269 Å². The molecule has 0 radical (unpaired) electrons. The average molecular weight is 628 g/mol. The van der Waals surface area contributed by atoms with Gasteiger partial charge in [0.25, 0.3) is 5.91 Å². The zero-order valence-electron chi connectivity index (χ0n) is 26.4. The van der Waals surface area contributed by atoms with Crippen molar-refractivity contribution in [3.63, 3.8) is 0 Å².